The van der Waals surface area contributed by atoms with Crippen LogP contribution in [-0.4, -0.2) is 11.1 Å². The van der Waals surface area contributed by atoms with E-state index < -0.39 is 5.97 Å². The fraction of sp³-hybridized carbons (Fsp3) is 0.375. The number of allylic oxidation sites excluding steroid dienone is 2. The number of rotatable bonds is 1. The van der Waals surface area contributed by atoms with Gasteiger partial charge in [0.1, 0.15) is 0 Å². The summed E-state index contributed by atoms with van der Waals surface area (Å²) in [5, 5.41) is 7.60. The molecule has 0 saturated heterocycles. The summed E-state index contributed by atoms with van der Waals surface area (Å²) in [4.78, 5) is 9.25. The Morgan fingerprint density at radius 1 is 1.50 bits per heavy atom. The van der Waals surface area contributed by atoms with Crippen molar-refractivity contribution in [2.45, 2.75) is 20.8 Å². The van der Waals surface area contributed by atoms with Crippen LogP contribution in [-0.2, 0) is 4.79 Å². The Morgan fingerprint density at radius 2 is 1.70 bits per heavy atom. The van der Waals surface area contributed by atoms with Gasteiger partial charge in [0, 0.05) is 6.08 Å². The van der Waals surface area contributed by atoms with Gasteiger partial charge in [-0.05, 0) is 20.8 Å². The van der Waals surface area contributed by atoms with Crippen LogP contribution in [0.25, 0.3) is 0 Å². The molecule has 0 spiro atoms. The Kier molecular flexibility index (Phi) is 9.31. The highest BCUT2D eigenvalue weighted by Gasteiger charge is 1.73. The summed E-state index contributed by atoms with van der Waals surface area (Å²) in [5.41, 5.74) is 1.38. The molecule has 0 atom stereocenters. The van der Waals surface area contributed by atoms with Crippen LogP contribution in [0.4, 0.5) is 0 Å². The zero-order valence-corrected chi connectivity index (χ0v) is 6.72. The highest BCUT2D eigenvalue weighted by Crippen LogP contribution is 1.82. The number of aliphatic carboxylic acids is 1. The van der Waals surface area contributed by atoms with Crippen molar-refractivity contribution in [3.05, 3.63) is 24.3 Å². The lowest BCUT2D eigenvalue weighted by Crippen LogP contribution is -1.82. The molecule has 0 unspecified atom stereocenters. The van der Waals surface area contributed by atoms with Gasteiger partial charge < -0.3 is 5.11 Å². The number of carboxylic acids is 1. The number of hydrogen-bond acceptors (Lipinski definition) is 1. The summed E-state index contributed by atoms with van der Waals surface area (Å²) < 4.78 is 0. The van der Waals surface area contributed by atoms with Gasteiger partial charge in [-0.3, -0.25) is 0 Å². The SMILES string of the molecule is C=CC(=O)O.CC=C(C)C. The molecule has 0 aromatic carbocycles. The molecule has 0 aromatic rings. The second-order valence-electron chi connectivity index (χ2n) is 1.91. The molecule has 0 saturated carbocycles. The van der Waals surface area contributed by atoms with Crippen molar-refractivity contribution in [3.63, 3.8) is 0 Å². The standard InChI is InChI=1S/C5H10.C3H4O2/c1-4-5(2)3;1-2-3(4)5/h4H,1-3H3;2H,1H2,(H,4,5). The number of carbonyl (C=O) groups is 1. The average molecular weight is 142 g/mol. The van der Waals surface area contributed by atoms with Crippen molar-refractivity contribution in [2.24, 2.45) is 0 Å². The zero-order valence-electron chi connectivity index (χ0n) is 6.72. The number of hydrogen-bond donors (Lipinski definition) is 1. The maximum atomic E-state index is 9.25. The van der Waals surface area contributed by atoms with Crippen LogP contribution >= 0.6 is 0 Å². The molecule has 0 fully saturated rings. The fourth-order valence-corrected chi connectivity index (χ4v) is 0. The van der Waals surface area contributed by atoms with Crippen LogP contribution in [0, 0.1) is 0 Å². The third-order valence-corrected chi connectivity index (χ3v) is 0.752. The van der Waals surface area contributed by atoms with E-state index in [4.69, 9.17) is 5.11 Å². The van der Waals surface area contributed by atoms with Gasteiger partial charge in [-0.2, -0.15) is 0 Å². The highest BCUT2D eigenvalue weighted by atomic mass is 16.4. The van der Waals surface area contributed by atoms with Gasteiger partial charge in [0.15, 0.2) is 0 Å². The maximum absolute atomic E-state index is 9.25. The largest absolute Gasteiger partial charge is 0.478 e. The highest BCUT2D eigenvalue weighted by molar-refractivity contribution is 5.78. The molecule has 0 aliphatic rings. The molecule has 0 bridgehead atoms. The lowest BCUT2D eigenvalue weighted by atomic mass is 10.3. The van der Waals surface area contributed by atoms with Gasteiger partial charge in [-0.25, -0.2) is 4.79 Å². The molecule has 10 heavy (non-hydrogen) atoms. The fourth-order valence-electron chi connectivity index (χ4n) is 0. The average Bonchev–Trinajstić information content (AvgIpc) is 1.89. The smallest absolute Gasteiger partial charge is 0.327 e. The first-order chi connectivity index (χ1) is 4.54. The molecule has 0 aliphatic carbocycles. The van der Waals surface area contributed by atoms with Gasteiger partial charge in [0.2, 0.25) is 0 Å². The minimum atomic E-state index is -0.981. The van der Waals surface area contributed by atoms with Crippen LogP contribution in [0.2, 0.25) is 0 Å². The van der Waals surface area contributed by atoms with Crippen LogP contribution in [0.15, 0.2) is 24.3 Å². The van der Waals surface area contributed by atoms with Crippen molar-refractivity contribution >= 4 is 5.97 Å². The van der Waals surface area contributed by atoms with E-state index in [-0.39, 0.29) is 0 Å². The third-order valence-electron chi connectivity index (χ3n) is 0.752. The quantitative estimate of drug-likeness (QED) is 0.450. The lowest BCUT2D eigenvalue weighted by molar-refractivity contribution is -0.131. The monoisotopic (exact) mass is 142 g/mol. The molecule has 0 heterocycles. The van der Waals surface area contributed by atoms with E-state index in [0.29, 0.717) is 0 Å². The van der Waals surface area contributed by atoms with Crippen molar-refractivity contribution in [2.75, 3.05) is 0 Å². The van der Waals surface area contributed by atoms with Crippen LogP contribution in [0.3, 0.4) is 0 Å². The second kappa shape index (κ2) is 7.95. The van der Waals surface area contributed by atoms with Crippen LogP contribution in [0.5, 0.6) is 0 Å². The molecule has 58 valence electrons. The molecule has 0 aliphatic heterocycles. The van der Waals surface area contributed by atoms with Crippen LogP contribution in [0.1, 0.15) is 20.8 Å². The van der Waals surface area contributed by atoms with Gasteiger partial charge >= 0.3 is 5.97 Å². The first kappa shape index (κ1) is 11.7. The van der Waals surface area contributed by atoms with E-state index in [0.717, 1.165) is 6.08 Å². The van der Waals surface area contributed by atoms with E-state index >= 15 is 0 Å². The van der Waals surface area contributed by atoms with Crippen molar-refractivity contribution in [1.29, 1.82) is 0 Å². The van der Waals surface area contributed by atoms with Crippen molar-refractivity contribution < 1.29 is 9.90 Å². The topological polar surface area (TPSA) is 37.3 Å². The molecular weight excluding hydrogens is 128 g/mol. The Balaban J connectivity index is 0. The summed E-state index contributed by atoms with van der Waals surface area (Å²) in [6, 6.07) is 0. The summed E-state index contributed by atoms with van der Waals surface area (Å²) in [7, 11) is 0. The van der Waals surface area contributed by atoms with E-state index in [9.17, 15) is 4.79 Å². The first-order valence-corrected chi connectivity index (χ1v) is 2.99. The van der Waals surface area contributed by atoms with Gasteiger partial charge in [0.25, 0.3) is 0 Å². The predicted molar refractivity (Wildman–Crippen MR) is 42.9 cm³/mol. The summed E-state index contributed by atoms with van der Waals surface area (Å²) in [6.07, 6.45) is 2.92. The predicted octanol–water partition coefficient (Wildman–Crippen LogP) is 2.23. The molecule has 0 rings (SSSR count). The normalized spacial score (nSPS) is 6.70. The molecule has 2 nitrogen and oxygen atoms in total. The van der Waals surface area contributed by atoms with E-state index in [1.807, 2.05) is 6.92 Å². The van der Waals surface area contributed by atoms with Gasteiger partial charge in [0.05, 0.1) is 0 Å². The van der Waals surface area contributed by atoms with Crippen molar-refractivity contribution in [1.82, 2.24) is 0 Å². The lowest BCUT2D eigenvalue weighted by Gasteiger charge is -1.74. The molecule has 0 radical (unpaired) electrons. The minimum Gasteiger partial charge on any atom is -0.478 e. The summed E-state index contributed by atoms with van der Waals surface area (Å²) >= 11 is 0. The van der Waals surface area contributed by atoms with Crippen LogP contribution < -0.4 is 0 Å². The van der Waals surface area contributed by atoms with E-state index in [2.05, 4.69) is 26.5 Å². The second-order valence-corrected chi connectivity index (χ2v) is 1.91. The summed E-state index contributed by atoms with van der Waals surface area (Å²) in [6.45, 7) is 9.16. The Labute approximate surface area is 61.9 Å². The Hall–Kier alpha value is -1.05. The van der Waals surface area contributed by atoms with E-state index in [1.54, 1.807) is 0 Å². The molecule has 1 N–H and O–H groups in total. The number of carboxylic acid groups (broad SMARTS) is 1. The molecule has 2 heteroatoms. The first-order valence-electron chi connectivity index (χ1n) is 2.99. The third kappa shape index (κ3) is 28.3. The summed E-state index contributed by atoms with van der Waals surface area (Å²) in [5.74, 6) is -0.981. The van der Waals surface area contributed by atoms with Crippen molar-refractivity contribution in [3.8, 4) is 0 Å². The molecular formula is C8H14O2. The van der Waals surface area contributed by atoms with Gasteiger partial charge in [-0.1, -0.05) is 18.2 Å². The Bertz CT molecular complexity index is 130. The zero-order chi connectivity index (χ0) is 8.57. The Morgan fingerprint density at radius 3 is 1.70 bits per heavy atom. The van der Waals surface area contributed by atoms with Gasteiger partial charge in [-0.15, -0.1) is 0 Å². The maximum Gasteiger partial charge on any atom is 0.327 e. The molecule has 0 amide bonds. The van der Waals surface area contributed by atoms with E-state index in [1.165, 1.54) is 5.57 Å². The molecule has 0 aromatic heterocycles. The minimum absolute atomic E-state index is 0.833.